The molecule has 1 aliphatic rings. The molecule has 1 aliphatic heterocycles. The highest BCUT2D eigenvalue weighted by molar-refractivity contribution is 6.60. The third-order valence-corrected chi connectivity index (χ3v) is 3.09. The maximum Gasteiger partial charge on any atom is 0.201 e. The average Bonchev–Trinajstić information content (AvgIpc) is 2.44. The normalized spacial score (nSPS) is 15.8. The summed E-state index contributed by atoms with van der Waals surface area (Å²) in [5.74, 6) is 0.160. The highest BCUT2D eigenvalue weighted by atomic mass is 16.5. The molecule has 0 unspecified atom stereocenters. The van der Waals surface area contributed by atoms with Crippen LogP contribution in [0.15, 0.2) is 24.3 Å². The average molecular weight is 274 g/mol. The number of ether oxygens (including phenoxy) is 2. The third-order valence-electron chi connectivity index (χ3n) is 3.09. The molecule has 20 heavy (non-hydrogen) atoms. The van der Waals surface area contributed by atoms with E-state index in [1.807, 2.05) is 12.1 Å². The van der Waals surface area contributed by atoms with E-state index in [9.17, 15) is 4.79 Å². The van der Waals surface area contributed by atoms with Gasteiger partial charge in [0.2, 0.25) is 7.85 Å². The summed E-state index contributed by atoms with van der Waals surface area (Å²) in [6.07, 6.45) is 0.966. The molecule has 0 aromatic heterocycles. The van der Waals surface area contributed by atoms with Gasteiger partial charge in [0.05, 0.1) is 19.8 Å². The first-order chi connectivity index (χ1) is 9.74. The molecular formula is C14H19BN2O3. The van der Waals surface area contributed by atoms with Crippen molar-refractivity contribution in [1.29, 1.82) is 0 Å². The Hall–Kier alpha value is -1.53. The number of hydrogen-bond donors (Lipinski definition) is 1. The van der Waals surface area contributed by atoms with Crippen LogP contribution in [0.25, 0.3) is 0 Å². The van der Waals surface area contributed by atoms with Crippen molar-refractivity contribution in [2.45, 2.75) is 6.42 Å². The largest absolute Gasteiger partial charge is 0.493 e. The number of anilines is 1. The fraction of sp³-hybridized carbons (Fsp3) is 0.500. The van der Waals surface area contributed by atoms with E-state index in [-0.39, 0.29) is 0 Å². The van der Waals surface area contributed by atoms with Crippen molar-refractivity contribution in [3.05, 3.63) is 24.3 Å². The number of benzene rings is 1. The summed E-state index contributed by atoms with van der Waals surface area (Å²) < 4.78 is 11.0. The van der Waals surface area contributed by atoms with Crippen molar-refractivity contribution in [3.63, 3.8) is 0 Å². The second kappa shape index (κ2) is 7.92. The molecule has 1 saturated heterocycles. The molecule has 0 saturated carbocycles. The van der Waals surface area contributed by atoms with E-state index in [1.165, 1.54) is 0 Å². The minimum Gasteiger partial charge on any atom is -0.493 e. The Morgan fingerprint density at radius 1 is 1.40 bits per heavy atom. The van der Waals surface area contributed by atoms with E-state index in [2.05, 4.69) is 10.2 Å². The van der Waals surface area contributed by atoms with E-state index in [1.54, 1.807) is 12.1 Å². The van der Waals surface area contributed by atoms with Crippen molar-refractivity contribution in [2.75, 3.05) is 44.8 Å². The molecular weight excluding hydrogens is 255 g/mol. The Morgan fingerprint density at radius 3 is 2.95 bits per heavy atom. The summed E-state index contributed by atoms with van der Waals surface area (Å²) in [5.41, 5.74) is 0.642. The smallest absolute Gasteiger partial charge is 0.201 e. The van der Waals surface area contributed by atoms with Crippen LogP contribution in [0, 0.1) is 0 Å². The van der Waals surface area contributed by atoms with Crippen molar-refractivity contribution in [3.8, 4) is 5.75 Å². The van der Waals surface area contributed by atoms with Crippen LogP contribution in [0.2, 0.25) is 0 Å². The van der Waals surface area contributed by atoms with Gasteiger partial charge in [-0.05, 0) is 18.6 Å². The number of nitrogens with one attached hydrogen (secondary N) is 1. The molecule has 1 heterocycles. The Balaban J connectivity index is 1.69. The highest BCUT2D eigenvalue weighted by Gasteiger charge is 2.09. The fourth-order valence-corrected chi connectivity index (χ4v) is 2.11. The molecule has 1 fully saturated rings. The molecule has 2 rings (SSSR count). The lowest BCUT2D eigenvalue weighted by atomic mass is 10.1. The van der Waals surface area contributed by atoms with Gasteiger partial charge in [-0.3, -0.25) is 9.69 Å². The quantitative estimate of drug-likeness (QED) is 0.630. The van der Waals surface area contributed by atoms with Crippen molar-refractivity contribution in [1.82, 2.24) is 4.90 Å². The van der Waals surface area contributed by atoms with Gasteiger partial charge in [0.25, 0.3) is 0 Å². The van der Waals surface area contributed by atoms with Gasteiger partial charge in [0, 0.05) is 31.4 Å². The SMILES string of the molecule is [B]C(=O)Nc1cccc(OCCCN2CCOCC2)c1. The van der Waals surface area contributed by atoms with Crippen LogP contribution in [-0.4, -0.2) is 58.0 Å². The zero-order valence-electron chi connectivity index (χ0n) is 11.5. The molecule has 1 aromatic carbocycles. The Bertz CT molecular complexity index is 436. The van der Waals surface area contributed by atoms with Crippen molar-refractivity contribution in [2.24, 2.45) is 0 Å². The summed E-state index contributed by atoms with van der Waals surface area (Å²) in [4.78, 5) is 13.1. The van der Waals surface area contributed by atoms with Gasteiger partial charge >= 0.3 is 0 Å². The van der Waals surface area contributed by atoms with Crippen LogP contribution < -0.4 is 10.1 Å². The first-order valence-corrected chi connectivity index (χ1v) is 6.83. The number of morpholine rings is 1. The molecule has 0 atom stereocenters. The van der Waals surface area contributed by atoms with E-state index < -0.39 is 5.81 Å². The Labute approximate surface area is 120 Å². The Kier molecular flexibility index (Phi) is 5.89. The minimum atomic E-state index is -0.575. The van der Waals surface area contributed by atoms with Crippen LogP contribution in [0.1, 0.15) is 6.42 Å². The van der Waals surface area contributed by atoms with Crippen molar-refractivity contribution >= 4 is 19.3 Å². The number of rotatable bonds is 6. The van der Waals surface area contributed by atoms with Crippen molar-refractivity contribution < 1.29 is 14.3 Å². The van der Waals surface area contributed by atoms with Gasteiger partial charge in [-0.2, -0.15) is 0 Å². The van der Waals surface area contributed by atoms with Gasteiger partial charge in [0.15, 0.2) is 5.81 Å². The van der Waals surface area contributed by atoms with Gasteiger partial charge in [0.1, 0.15) is 5.75 Å². The molecule has 0 aliphatic carbocycles. The summed E-state index contributed by atoms with van der Waals surface area (Å²) >= 11 is 0. The van der Waals surface area contributed by atoms with Gasteiger partial charge in [-0.15, -0.1) is 0 Å². The summed E-state index contributed by atoms with van der Waals surface area (Å²) in [6, 6.07) is 7.22. The molecule has 2 radical (unpaired) electrons. The fourth-order valence-electron chi connectivity index (χ4n) is 2.11. The van der Waals surface area contributed by atoms with Crippen LogP contribution in [-0.2, 0) is 4.74 Å². The number of amides is 1. The number of carbonyl (C=O) groups is 1. The standard InChI is InChI=1S/C14H19BN2O3/c15-14(18)16-12-3-1-4-13(11-12)20-8-2-5-17-6-9-19-10-7-17/h1,3-4,11H,2,5-10H2,(H,16,18). The maximum absolute atomic E-state index is 10.8. The van der Waals surface area contributed by atoms with Gasteiger partial charge in [-0.1, -0.05) is 6.07 Å². The van der Waals surface area contributed by atoms with E-state index >= 15 is 0 Å². The molecule has 0 bridgehead atoms. The predicted molar refractivity (Wildman–Crippen MR) is 78.6 cm³/mol. The zero-order valence-corrected chi connectivity index (χ0v) is 11.5. The summed E-state index contributed by atoms with van der Waals surface area (Å²) in [5, 5.41) is 2.52. The third kappa shape index (κ3) is 5.23. The summed E-state index contributed by atoms with van der Waals surface area (Å²) in [6.45, 7) is 5.30. The second-order valence-electron chi connectivity index (χ2n) is 4.67. The van der Waals surface area contributed by atoms with E-state index in [0.29, 0.717) is 12.3 Å². The van der Waals surface area contributed by atoms with Crippen LogP contribution in [0.4, 0.5) is 10.5 Å². The lowest BCUT2D eigenvalue weighted by Crippen LogP contribution is -2.37. The topological polar surface area (TPSA) is 50.8 Å². The highest BCUT2D eigenvalue weighted by Crippen LogP contribution is 2.17. The number of nitrogens with zero attached hydrogens (tertiary/aromatic N) is 1. The van der Waals surface area contributed by atoms with E-state index in [4.69, 9.17) is 17.3 Å². The van der Waals surface area contributed by atoms with Crippen LogP contribution in [0.5, 0.6) is 5.75 Å². The molecule has 0 spiro atoms. The van der Waals surface area contributed by atoms with Crippen LogP contribution >= 0.6 is 0 Å². The molecule has 1 amide bonds. The van der Waals surface area contributed by atoms with Gasteiger partial charge in [-0.25, -0.2) is 0 Å². The predicted octanol–water partition coefficient (Wildman–Crippen LogP) is 1.49. The Morgan fingerprint density at radius 2 is 2.20 bits per heavy atom. The second-order valence-corrected chi connectivity index (χ2v) is 4.67. The molecule has 1 aromatic rings. The maximum atomic E-state index is 10.8. The first kappa shape index (κ1) is 14.9. The van der Waals surface area contributed by atoms with E-state index in [0.717, 1.165) is 45.0 Å². The van der Waals surface area contributed by atoms with Crippen LogP contribution in [0.3, 0.4) is 0 Å². The molecule has 5 nitrogen and oxygen atoms in total. The summed E-state index contributed by atoms with van der Waals surface area (Å²) in [7, 11) is 5.07. The zero-order chi connectivity index (χ0) is 14.2. The minimum absolute atomic E-state index is 0.575. The lowest BCUT2D eigenvalue weighted by molar-refractivity contribution is 0.0358. The van der Waals surface area contributed by atoms with Gasteiger partial charge < -0.3 is 14.8 Å². The molecule has 106 valence electrons. The number of hydrogen-bond acceptors (Lipinski definition) is 4. The molecule has 1 N–H and O–H groups in total. The first-order valence-electron chi connectivity index (χ1n) is 6.83. The molecule has 6 heteroatoms. The number of carbonyl (C=O) groups excluding carboxylic acids is 1. The lowest BCUT2D eigenvalue weighted by Gasteiger charge is -2.26. The monoisotopic (exact) mass is 274 g/mol.